The Kier molecular flexibility index (Phi) is 3.05. The molecule has 4 heteroatoms. The number of nitrogens with two attached hydrogens (primary N) is 1. The van der Waals surface area contributed by atoms with Crippen LogP contribution in [0, 0.1) is 8.99 Å². The number of nitrogen functional groups attached to an aromatic ring is 1. The van der Waals surface area contributed by atoms with Crippen LogP contribution in [0.2, 0.25) is 0 Å². The summed E-state index contributed by atoms with van der Waals surface area (Å²) in [6.07, 6.45) is 0.615. The minimum Gasteiger partial charge on any atom is -0.399 e. The first-order chi connectivity index (χ1) is 7.41. The van der Waals surface area contributed by atoms with Gasteiger partial charge >= 0.3 is 0 Å². The van der Waals surface area contributed by atoms with E-state index >= 15 is 0 Å². The summed E-state index contributed by atoms with van der Waals surface area (Å²) in [6.45, 7) is 4.17. The molecule has 1 aliphatic rings. The number of aliphatic hydroxyl groups excluding tert-OH is 1. The van der Waals surface area contributed by atoms with Crippen LogP contribution < -0.4 is 11.1 Å². The summed E-state index contributed by atoms with van der Waals surface area (Å²) in [4.78, 5) is 0. The summed E-state index contributed by atoms with van der Waals surface area (Å²) in [5.41, 5.74) is 7.53. The number of anilines is 2. The number of hydrogen-bond donors (Lipinski definition) is 3. The molecule has 0 bridgehead atoms. The zero-order chi connectivity index (χ0) is 11.9. The van der Waals surface area contributed by atoms with Crippen molar-refractivity contribution in [3.63, 3.8) is 0 Å². The predicted molar refractivity (Wildman–Crippen MR) is 75.4 cm³/mol. The molecule has 2 atom stereocenters. The van der Waals surface area contributed by atoms with Crippen molar-refractivity contribution in [2.45, 2.75) is 32.4 Å². The average Bonchev–Trinajstić information content (AvgIpc) is 2.21. The average molecular weight is 332 g/mol. The maximum absolute atomic E-state index is 9.68. The van der Waals surface area contributed by atoms with Gasteiger partial charge in [0.05, 0.1) is 6.10 Å². The SMILES string of the molecule is CC1(C)C(O)CC1Nc1ccc(N)cc1I. The van der Waals surface area contributed by atoms with Gasteiger partial charge in [-0.2, -0.15) is 0 Å². The molecule has 0 aromatic heterocycles. The molecule has 0 amide bonds. The van der Waals surface area contributed by atoms with E-state index in [2.05, 4.69) is 41.8 Å². The molecule has 16 heavy (non-hydrogen) atoms. The van der Waals surface area contributed by atoms with Crippen LogP contribution in [0.1, 0.15) is 20.3 Å². The molecule has 0 heterocycles. The van der Waals surface area contributed by atoms with Crippen molar-refractivity contribution in [1.29, 1.82) is 0 Å². The van der Waals surface area contributed by atoms with Crippen molar-refractivity contribution in [3.05, 3.63) is 21.8 Å². The normalized spacial score (nSPS) is 27.2. The van der Waals surface area contributed by atoms with Gasteiger partial charge < -0.3 is 16.2 Å². The van der Waals surface area contributed by atoms with Crippen molar-refractivity contribution in [2.75, 3.05) is 11.1 Å². The Labute approximate surface area is 110 Å². The smallest absolute Gasteiger partial charge is 0.0630 e. The lowest BCUT2D eigenvalue weighted by molar-refractivity contribution is -0.0510. The number of hydrogen-bond acceptors (Lipinski definition) is 3. The summed E-state index contributed by atoms with van der Waals surface area (Å²) in [5, 5.41) is 13.1. The highest BCUT2D eigenvalue weighted by atomic mass is 127. The molecule has 4 N–H and O–H groups in total. The number of rotatable bonds is 2. The lowest BCUT2D eigenvalue weighted by atomic mass is 9.64. The topological polar surface area (TPSA) is 58.3 Å². The third-order valence-electron chi connectivity index (χ3n) is 3.54. The molecule has 0 spiro atoms. The second kappa shape index (κ2) is 4.07. The van der Waals surface area contributed by atoms with Gasteiger partial charge in [-0.05, 0) is 47.2 Å². The van der Waals surface area contributed by atoms with E-state index in [1.54, 1.807) is 0 Å². The van der Waals surface area contributed by atoms with E-state index in [0.29, 0.717) is 6.04 Å². The first kappa shape index (κ1) is 12.0. The molecule has 2 unspecified atom stereocenters. The molecule has 1 fully saturated rings. The molecule has 88 valence electrons. The molecular weight excluding hydrogens is 315 g/mol. The Bertz CT molecular complexity index is 406. The Morgan fingerprint density at radius 2 is 2.19 bits per heavy atom. The second-order valence-electron chi connectivity index (χ2n) is 5.01. The first-order valence-electron chi connectivity index (χ1n) is 5.41. The summed E-state index contributed by atoms with van der Waals surface area (Å²) in [5.74, 6) is 0. The van der Waals surface area contributed by atoms with Crippen molar-refractivity contribution in [1.82, 2.24) is 0 Å². The summed E-state index contributed by atoms with van der Waals surface area (Å²) in [6, 6.07) is 6.18. The van der Waals surface area contributed by atoms with Crippen molar-refractivity contribution >= 4 is 34.0 Å². The van der Waals surface area contributed by atoms with Crippen LogP contribution >= 0.6 is 22.6 Å². The number of benzene rings is 1. The molecule has 3 nitrogen and oxygen atoms in total. The molecular formula is C12H17IN2O. The van der Waals surface area contributed by atoms with Crippen molar-refractivity contribution in [3.8, 4) is 0 Å². The van der Waals surface area contributed by atoms with Crippen LogP contribution in [0.5, 0.6) is 0 Å². The third-order valence-corrected chi connectivity index (χ3v) is 4.43. The Hall–Kier alpha value is -0.490. The second-order valence-corrected chi connectivity index (χ2v) is 6.17. The van der Waals surface area contributed by atoms with E-state index in [1.807, 2.05) is 18.2 Å². The number of halogens is 1. The minimum absolute atomic E-state index is 0.0511. The molecule has 0 saturated heterocycles. The van der Waals surface area contributed by atoms with Gasteiger partial charge in [0.2, 0.25) is 0 Å². The lowest BCUT2D eigenvalue weighted by Crippen LogP contribution is -2.56. The standard InChI is InChI=1S/C12H17IN2O/c1-12(2)10(6-11(12)16)15-9-4-3-7(14)5-8(9)13/h3-5,10-11,15-16H,6,14H2,1-2H3. The fraction of sp³-hybridized carbons (Fsp3) is 0.500. The third kappa shape index (κ3) is 2.00. The van der Waals surface area contributed by atoms with Crippen LogP contribution in [0.25, 0.3) is 0 Å². The van der Waals surface area contributed by atoms with E-state index in [-0.39, 0.29) is 11.5 Å². The number of nitrogens with one attached hydrogen (secondary N) is 1. The molecule has 0 radical (unpaired) electrons. The van der Waals surface area contributed by atoms with Crippen LogP contribution in [0.15, 0.2) is 18.2 Å². The van der Waals surface area contributed by atoms with Gasteiger partial charge in [-0.3, -0.25) is 0 Å². The van der Waals surface area contributed by atoms with E-state index in [0.717, 1.165) is 21.4 Å². The molecule has 1 saturated carbocycles. The summed E-state index contributed by atoms with van der Waals surface area (Å²) >= 11 is 2.27. The fourth-order valence-corrected chi connectivity index (χ4v) is 2.68. The predicted octanol–water partition coefficient (Wildman–Crippen LogP) is 2.44. The van der Waals surface area contributed by atoms with Gasteiger partial charge in [-0.1, -0.05) is 13.8 Å². The molecule has 1 aromatic carbocycles. The van der Waals surface area contributed by atoms with Gasteiger partial charge in [0.15, 0.2) is 0 Å². The van der Waals surface area contributed by atoms with Crippen LogP contribution in [-0.4, -0.2) is 17.3 Å². The molecule has 2 rings (SSSR count). The Morgan fingerprint density at radius 1 is 1.50 bits per heavy atom. The van der Waals surface area contributed by atoms with Gasteiger partial charge in [0.1, 0.15) is 0 Å². The zero-order valence-corrected chi connectivity index (χ0v) is 11.7. The maximum atomic E-state index is 9.68. The van der Waals surface area contributed by atoms with Crippen molar-refractivity contribution < 1.29 is 5.11 Å². The quantitative estimate of drug-likeness (QED) is 0.576. The van der Waals surface area contributed by atoms with Gasteiger partial charge in [0.25, 0.3) is 0 Å². The van der Waals surface area contributed by atoms with E-state index in [4.69, 9.17) is 5.73 Å². The highest BCUT2D eigenvalue weighted by molar-refractivity contribution is 14.1. The largest absolute Gasteiger partial charge is 0.399 e. The Balaban J connectivity index is 2.11. The van der Waals surface area contributed by atoms with Gasteiger partial charge in [0, 0.05) is 26.4 Å². The van der Waals surface area contributed by atoms with E-state index in [1.165, 1.54) is 0 Å². The van der Waals surface area contributed by atoms with Crippen LogP contribution in [-0.2, 0) is 0 Å². The molecule has 1 aromatic rings. The van der Waals surface area contributed by atoms with E-state index in [9.17, 15) is 5.11 Å². The molecule has 1 aliphatic carbocycles. The summed E-state index contributed by atoms with van der Waals surface area (Å²) in [7, 11) is 0. The highest BCUT2D eigenvalue weighted by Gasteiger charge is 2.47. The monoisotopic (exact) mass is 332 g/mol. The van der Waals surface area contributed by atoms with Crippen molar-refractivity contribution in [2.24, 2.45) is 5.41 Å². The van der Waals surface area contributed by atoms with Crippen LogP contribution in [0.3, 0.4) is 0 Å². The first-order valence-corrected chi connectivity index (χ1v) is 6.49. The summed E-state index contributed by atoms with van der Waals surface area (Å²) < 4.78 is 1.12. The Morgan fingerprint density at radius 3 is 2.69 bits per heavy atom. The van der Waals surface area contributed by atoms with Crippen LogP contribution in [0.4, 0.5) is 11.4 Å². The minimum atomic E-state index is -0.198. The molecule has 0 aliphatic heterocycles. The fourth-order valence-electron chi connectivity index (χ4n) is 1.98. The zero-order valence-electron chi connectivity index (χ0n) is 9.50. The van der Waals surface area contributed by atoms with Gasteiger partial charge in [-0.15, -0.1) is 0 Å². The highest BCUT2D eigenvalue weighted by Crippen LogP contribution is 2.42. The number of aliphatic hydroxyl groups is 1. The maximum Gasteiger partial charge on any atom is 0.0630 e. The van der Waals surface area contributed by atoms with Gasteiger partial charge in [-0.25, -0.2) is 0 Å². The lowest BCUT2D eigenvalue weighted by Gasteiger charge is -2.50. The van der Waals surface area contributed by atoms with E-state index < -0.39 is 0 Å².